The molecule has 2 fully saturated rings. The number of likely N-dealkylation sites (N-methyl/N-ethyl adjacent to an activating group) is 1. The third-order valence-corrected chi connectivity index (χ3v) is 7.88. The monoisotopic (exact) mass is 473 g/mol. The lowest BCUT2D eigenvalue weighted by atomic mass is 9.74. The molecule has 4 heterocycles. The number of hydrogen-bond donors (Lipinski definition) is 1. The average Bonchev–Trinajstić information content (AvgIpc) is 3.01. The molecule has 4 aliphatic heterocycles. The van der Waals surface area contributed by atoms with Crippen LogP contribution in [0.25, 0.3) is 0 Å². The number of hydrogen-bond acceptors (Lipinski definition) is 5. The molecule has 0 bridgehead atoms. The van der Waals surface area contributed by atoms with Gasteiger partial charge in [-0.1, -0.05) is 37.1 Å². The molecule has 4 aliphatic rings. The summed E-state index contributed by atoms with van der Waals surface area (Å²) >= 11 is 0. The van der Waals surface area contributed by atoms with Gasteiger partial charge in [0.1, 0.15) is 11.6 Å². The normalized spacial score (nSPS) is 35.4. The molecule has 1 spiro atoms. The van der Waals surface area contributed by atoms with Crippen LogP contribution in [0.4, 0.5) is 0 Å². The van der Waals surface area contributed by atoms with Crippen LogP contribution in [-0.2, 0) is 19.1 Å². The highest BCUT2D eigenvalue weighted by Crippen LogP contribution is 2.57. The standard InChI is InChI=1S/C26H39N3O5/c1-24(2,3)29-16-11-13-26-19(18-21(31)27(5)14-10-12-25(18,4)34-26)22(32)28(20(26)23(29)33)15-8-6-7-9-17-30/h10-13,18-20,30H,6-9,14-17H2,1-5H3/t18-,19-,20?,25+,26-/m0/s1. The maximum atomic E-state index is 14.1. The summed E-state index contributed by atoms with van der Waals surface area (Å²) in [6, 6.07) is -0.809. The summed E-state index contributed by atoms with van der Waals surface area (Å²) in [7, 11) is 1.74. The van der Waals surface area contributed by atoms with E-state index in [1.165, 1.54) is 0 Å². The van der Waals surface area contributed by atoms with Crippen LogP contribution < -0.4 is 0 Å². The van der Waals surface area contributed by atoms with Crippen molar-refractivity contribution in [2.24, 2.45) is 11.8 Å². The summed E-state index contributed by atoms with van der Waals surface area (Å²) in [5.41, 5.74) is -2.57. The zero-order valence-corrected chi connectivity index (χ0v) is 21.1. The van der Waals surface area contributed by atoms with E-state index < -0.39 is 34.6 Å². The number of aliphatic hydroxyl groups is 1. The Morgan fingerprint density at radius 3 is 2.32 bits per heavy atom. The van der Waals surface area contributed by atoms with Crippen LogP contribution in [0.5, 0.6) is 0 Å². The summed E-state index contributed by atoms with van der Waals surface area (Å²) in [4.78, 5) is 46.8. The van der Waals surface area contributed by atoms with Crippen LogP contribution in [0, 0.1) is 11.8 Å². The van der Waals surface area contributed by atoms with Crippen molar-refractivity contribution in [2.45, 2.75) is 76.2 Å². The zero-order valence-electron chi connectivity index (χ0n) is 21.1. The lowest BCUT2D eigenvalue weighted by Crippen LogP contribution is -2.59. The van der Waals surface area contributed by atoms with Crippen molar-refractivity contribution >= 4 is 17.7 Å². The summed E-state index contributed by atoms with van der Waals surface area (Å²) in [6.45, 7) is 9.32. The van der Waals surface area contributed by atoms with Crippen LogP contribution in [-0.4, -0.2) is 93.6 Å². The summed E-state index contributed by atoms with van der Waals surface area (Å²) in [5, 5.41) is 9.08. The summed E-state index contributed by atoms with van der Waals surface area (Å²) in [5.74, 6) is -1.87. The first-order valence-corrected chi connectivity index (χ1v) is 12.5. The van der Waals surface area contributed by atoms with E-state index >= 15 is 0 Å². The van der Waals surface area contributed by atoms with Crippen LogP contribution in [0.2, 0.25) is 0 Å². The Balaban J connectivity index is 1.77. The molecule has 8 heteroatoms. The van der Waals surface area contributed by atoms with Gasteiger partial charge in [-0.2, -0.15) is 0 Å². The van der Waals surface area contributed by atoms with E-state index in [4.69, 9.17) is 9.84 Å². The van der Waals surface area contributed by atoms with E-state index in [2.05, 4.69) is 0 Å². The molecule has 0 saturated carbocycles. The predicted molar refractivity (Wildman–Crippen MR) is 128 cm³/mol. The van der Waals surface area contributed by atoms with E-state index in [9.17, 15) is 14.4 Å². The average molecular weight is 474 g/mol. The van der Waals surface area contributed by atoms with Gasteiger partial charge < -0.3 is 24.5 Å². The Kier molecular flexibility index (Phi) is 6.44. The second kappa shape index (κ2) is 8.79. The number of rotatable bonds is 6. The molecule has 0 aromatic carbocycles. The van der Waals surface area contributed by atoms with Gasteiger partial charge >= 0.3 is 0 Å². The van der Waals surface area contributed by atoms with Crippen LogP contribution in [0.15, 0.2) is 24.3 Å². The van der Waals surface area contributed by atoms with Crippen LogP contribution in [0.1, 0.15) is 53.4 Å². The van der Waals surface area contributed by atoms with E-state index in [0.717, 1.165) is 25.7 Å². The van der Waals surface area contributed by atoms with Gasteiger partial charge in [0.2, 0.25) is 17.7 Å². The van der Waals surface area contributed by atoms with E-state index in [0.29, 0.717) is 19.6 Å². The van der Waals surface area contributed by atoms with Crippen molar-refractivity contribution < 1.29 is 24.2 Å². The first-order chi connectivity index (χ1) is 16.0. The van der Waals surface area contributed by atoms with Gasteiger partial charge in [0, 0.05) is 38.8 Å². The third kappa shape index (κ3) is 3.79. The van der Waals surface area contributed by atoms with Crippen molar-refractivity contribution in [3.8, 4) is 0 Å². The predicted octanol–water partition coefficient (Wildman–Crippen LogP) is 1.74. The van der Waals surface area contributed by atoms with Gasteiger partial charge in [0.15, 0.2) is 0 Å². The van der Waals surface area contributed by atoms with Crippen molar-refractivity contribution in [1.29, 1.82) is 0 Å². The SMILES string of the molecule is CN1CC=C[C@@]2(C)O[C@]34C=CCN(C(C)(C)C)C(=O)C3N(CCCCCCO)C(=O)[C@@H]4[C@H]2C1=O. The zero-order chi connectivity index (χ0) is 24.9. The highest BCUT2D eigenvalue weighted by Gasteiger charge is 2.74. The highest BCUT2D eigenvalue weighted by molar-refractivity contribution is 6.00. The largest absolute Gasteiger partial charge is 0.396 e. The fourth-order valence-electron chi connectivity index (χ4n) is 6.23. The lowest BCUT2D eigenvalue weighted by molar-refractivity contribution is -0.155. The second-order valence-corrected chi connectivity index (χ2v) is 11.3. The first-order valence-electron chi connectivity index (χ1n) is 12.5. The summed E-state index contributed by atoms with van der Waals surface area (Å²) < 4.78 is 6.76. The van der Waals surface area contributed by atoms with Crippen LogP contribution >= 0.6 is 0 Å². The number of carbonyl (C=O) groups excluding carboxylic acids is 3. The lowest BCUT2D eigenvalue weighted by Gasteiger charge is -2.41. The number of fused-ring (bicyclic) bond motifs is 2. The smallest absolute Gasteiger partial charge is 0.249 e. The fourth-order valence-corrected chi connectivity index (χ4v) is 6.23. The first kappa shape index (κ1) is 24.9. The molecular formula is C26H39N3O5. The Morgan fingerprint density at radius 2 is 1.65 bits per heavy atom. The maximum Gasteiger partial charge on any atom is 0.249 e. The van der Waals surface area contributed by atoms with Crippen molar-refractivity contribution in [2.75, 3.05) is 33.3 Å². The fraction of sp³-hybridized carbons (Fsp3) is 0.731. The molecule has 4 rings (SSSR count). The van der Waals surface area contributed by atoms with E-state index in [1.807, 2.05) is 52.0 Å². The molecule has 34 heavy (non-hydrogen) atoms. The number of aliphatic hydroxyl groups excluding tert-OH is 1. The molecule has 0 aromatic heterocycles. The molecule has 0 aromatic rings. The molecule has 3 amide bonds. The van der Waals surface area contributed by atoms with Crippen molar-refractivity contribution in [3.05, 3.63) is 24.3 Å². The quantitative estimate of drug-likeness (QED) is 0.469. The molecule has 188 valence electrons. The molecular weight excluding hydrogens is 434 g/mol. The topological polar surface area (TPSA) is 90.4 Å². The Hall–Kier alpha value is -2.19. The van der Waals surface area contributed by atoms with Crippen molar-refractivity contribution in [3.63, 3.8) is 0 Å². The second-order valence-electron chi connectivity index (χ2n) is 11.3. The molecule has 2 saturated heterocycles. The van der Waals surface area contributed by atoms with Gasteiger partial charge in [-0.15, -0.1) is 0 Å². The van der Waals surface area contributed by atoms with Gasteiger partial charge in [0.05, 0.1) is 17.4 Å². The minimum Gasteiger partial charge on any atom is -0.396 e. The van der Waals surface area contributed by atoms with Gasteiger partial charge in [-0.25, -0.2) is 0 Å². The number of amides is 3. The third-order valence-electron chi connectivity index (χ3n) is 7.88. The minimum absolute atomic E-state index is 0.121. The van der Waals surface area contributed by atoms with E-state index in [1.54, 1.807) is 21.7 Å². The molecule has 0 radical (unpaired) electrons. The number of unbranched alkanes of at least 4 members (excludes halogenated alkanes) is 3. The van der Waals surface area contributed by atoms with Gasteiger partial charge in [-0.3, -0.25) is 14.4 Å². The number of nitrogens with zero attached hydrogens (tertiary/aromatic N) is 3. The maximum absolute atomic E-state index is 14.1. The molecule has 1 N–H and O–H groups in total. The van der Waals surface area contributed by atoms with Gasteiger partial charge in [0.25, 0.3) is 0 Å². The van der Waals surface area contributed by atoms with Gasteiger partial charge in [-0.05, 0) is 40.5 Å². The summed E-state index contributed by atoms with van der Waals surface area (Å²) in [6.07, 6.45) is 10.8. The number of likely N-dealkylation sites (tertiary alicyclic amines) is 1. The van der Waals surface area contributed by atoms with Crippen molar-refractivity contribution in [1.82, 2.24) is 14.7 Å². The Labute approximate surface area is 202 Å². The molecule has 0 aliphatic carbocycles. The minimum atomic E-state index is -1.18. The number of ether oxygens (including phenoxy) is 1. The molecule has 5 atom stereocenters. The molecule has 1 unspecified atom stereocenters. The number of carbonyl (C=O) groups is 3. The Bertz CT molecular complexity index is 909. The van der Waals surface area contributed by atoms with E-state index in [-0.39, 0.29) is 24.3 Å². The molecule has 8 nitrogen and oxygen atoms in total. The highest BCUT2D eigenvalue weighted by atomic mass is 16.5. The Morgan fingerprint density at radius 1 is 0.971 bits per heavy atom. The van der Waals surface area contributed by atoms with Crippen LogP contribution in [0.3, 0.4) is 0 Å².